The molecule has 20 heavy (non-hydrogen) atoms. The number of hydrogen-bond acceptors (Lipinski definition) is 4. The van der Waals surface area contributed by atoms with Crippen LogP contribution in [-0.4, -0.2) is 13.4 Å². The van der Waals surface area contributed by atoms with Crippen molar-refractivity contribution in [3.05, 3.63) is 58.0 Å². The van der Waals surface area contributed by atoms with Crippen molar-refractivity contribution in [1.29, 1.82) is 0 Å². The minimum Gasteiger partial charge on any atom is -0.360 e. The Bertz CT molecular complexity index is 720. The third-order valence-corrected chi connectivity index (χ3v) is 3.81. The van der Waals surface area contributed by atoms with Crippen LogP contribution in [0.3, 0.4) is 0 Å². The summed E-state index contributed by atoms with van der Waals surface area (Å²) in [7, 11) is -3.95. The van der Waals surface area contributed by atoms with Crippen LogP contribution in [0.2, 0.25) is 10.0 Å². The van der Waals surface area contributed by atoms with Gasteiger partial charge >= 0.3 is 10.1 Å². The van der Waals surface area contributed by atoms with Gasteiger partial charge in [-0.1, -0.05) is 35.3 Å². The van der Waals surface area contributed by atoms with E-state index in [4.69, 9.17) is 27.4 Å². The van der Waals surface area contributed by atoms with Gasteiger partial charge in [0.2, 0.25) is 0 Å². The van der Waals surface area contributed by atoms with Crippen LogP contribution in [0, 0.1) is 5.82 Å². The van der Waals surface area contributed by atoms with E-state index in [0.29, 0.717) is 5.56 Å². The highest BCUT2D eigenvalue weighted by Gasteiger charge is 2.17. The molecule has 0 aliphatic carbocycles. The Hall–Kier alpha value is -1.37. The second-order valence-electron chi connectivity index (χ2n) is 3.85. The first-order chi connectivity index (χ1) is 9.35. The van der Waals surface area contributed by atoms with Crippen LogP contribution >= 0.6 is 23.2 Å². The molecule has 0 saturated heterocycles. The van der Waals surface area contributed by atoms with Crippen molar-refractivity contribution >= 4 is 33.3 Å². The molecule has 0 spiro atoms. The van der Waals surface area contributed by atoms with E-state index in [-0.39, 0.29) is 15.9 Å². The lowest BCUT2D eigenvalue weighted by molar-refractivity contribution is 0.475. The molecular formula is C12H8Cl2FNO3S. The van der Waals surface area contributed by atoms with Gasteiger partial charge in [-0.15, -0.1) is 0 Å². The van der Waals surface area contributed by atoms with Gasteiger partial charge in [0.05, 0.1) is 5.02 Å². The van der Waals surface area contributed by atoms with E-state index < -0.39 is 21.7 Å². The Balaban J connectivity index is 2.17. The smallest absolute Gasteiger partial charge is 0.314 e. The Morgan fingerprint density at radius 2 is 1.85 bits per heavy atom. The van der Waals surface area contributed by atoms with Gasteiger partial charge in [-0.2, -0.15) is 8.42 Å². The first kappa shape index (κ1) is 15.0. The largest absolute Gasteiger partial charge is 0.360 e. The summed E-state index contributed by atoms with van der Waals surface area (Å²) < 4.78 is 41.2. The summed E-state index contributed by atoms with van der Waals surface area (Å²) in [5.41, 5.74) is 0.386. The second kappa shape index (κ2) is 5.95. The molecule has 2 aromatic rings. The standard InChI is InChI=1S/C12H8Cl2FNO3S/c13-9-5-11(14)12(16-6-9)19-20(17,18)7-8-1-3-10(15)4-2-8/h1-6H,7H2. The molecule has 1 aromatic heterocycles. The van der Waals surface area contributed by atoms with Crippen molar-refractivity contribution in [1.82, 2.24) is 4.98 Å². The lowest BCUT2D eigenvalue weighted by Crippen LogP contribution is -2.13. The maximum Gasteiger partial charge on any atom is 0.314 e. The quantitative estimate of drug-likeness (QED) is 0.803. The van der Waals surface area contributed by atoms with Crippen LogP contribution in [0.4, 0.5) is 4.39 Å². The molecule has 0 aliphatic rings. The molecule has 2 rings (SSSR count). The fourth-order valence-electron chi connectivity index (χ4n) is 1.40. The molecule has 106 valence electrons. The number of benzene rings is 1. The summed E-state index contributed by atoms with van der Waals surface area (Å²) >= 11 is 11.4. The molecule has 0 radical (unpaired) electrons. The zero-order chi connectivity index (χ0) is 14.8. The summed E-state index contributed by atoms with van der Waals surface area (Å²) in [6.07, 6.45) is 1.22. The summed E-state index contributed by atoms with van der Waals surface area (Å²) in [5, 5.41) is 0.249. The highest BCUT2D eigenvalue weighted by molar-refractivity contribution is 7.86. The molecule has 0 fully saturated rings. The van der Waals surface area contributed by atoms with Crippen molar-refractivity contribution < 1.29 is 17.0 Å². The van der Waals surface area contributed by atoms with Crippen LogP contribution < -0.4 is 4.18 Å². The predicted molar refractivity (Wildman–Crippen MR) is 73.9 cm³/mol. The Labute approximate surface area is 125 Å². The van der Waals surface area contributed by atoms with Gasteiger partial charge in [-0.25, -0.2) is 9.37 Å². The van der Waals surface area contributed by atoms with E-state index in [1.807, 2.05) is 0 Å². The van der Waals surface area contributed by atoms with Crippen LogP contribution in [-0.2, 0) is 15.9 Å². The van der Waals surface area contributed by atoms with Crippen molar-refractivity contribution in [2.75, 3.05) is 0 Å². The zero-order valence-electron chi connectivity index (χ0n) is 9.89. The Kier molecular flexibility index (Phi) is 4.47. The average Bonchev–Trinajstić information content (AvgIpc) is 2.35. The second-order valence-corrected chi connectivity index (χ2v) is 6.27. The van der Waals surface area contributed by atoms with Crippen molar-refractivity contribution in [2.24, 2.45) is 0 Å². The molecule has 1 aromatic carbocycles. The molecule has 0 bridgehead atoms. The summed E-state index contributed by atoms with van der Waals surface area (Å²) in [6, 6.07) is 6.36. The molecule has 0 saturated carbocycles. The maximum atomic E-state index is 12.7. The third kappa shape index (κ3) is 4.06. The highest BCUT2D eigenvalue weighted by atomic mass is 35.5. The highest BCUT2D eigenvalue weighted by Crippen LogP contribution is 2.26. The number of halogens is 3. The lowest BCUT2D eigenvalue weighted by atomic mass is 10.2. The van der Waals surface area contributed by atoms with Gasteiger partial charge in [0.1, 0.15) is 16.6 Å². The molecule has 0 aliphatic heterocycles. The number of rotatable bonds is 4. The van der Waals surface area contributed by atoms with Crippen LogP contribution in [0.5, 0.6) is 5.88 Å². The first-order valence-corrected chi connectivity index (χ1v) is 7.67. The molecule has 4 nitrogen and oxygen atoms in total. The minimum atomic E-state index is -3.95. The number of pyridine rings is 1. The van der Waals surface area contributed by atoms with E-state index in [0.717, 1.165) is 0 Å². The zero-order valence-corrected chi connectivity index (χ0v) is 12.2. The van der Waals surface area contributed by atoms with Crippen molar-refractivity contribution in [3.63, 3.8) is 0 Å². The van der Waals surface area contributed by atoms with E-state index in [1.165, 1.54) is 36.5 Å². The van der Waals surface area contributed by atoms with Gasteiger partial charge < -0.3 is 4.18 Å². The topological polar surface area (TPSA) is 56.3 Å². The van der Waals surface area contributed by atoms with E-state index in [9.17, 15) is 12.8 Å². The normalized spacial score (nSPS) is 11.3. The van der Waals surface area contributed by atoms with Crippen LogP contribution in [0.15, 0.2) is 36.5 Å². The average molecular weight is 336 g/mol. The number of hydrogen-bond donors (Lipinski definition) is 0. The SMILES string of the molecule is O=S(=O)(Cc1ccc(F)cc1)Oc1ncc(Cl)cc1Cl. The van der Waals surface area contributed by atoms with E-state index in [1.54, 1.807) is 0 Å². The van der Waals surface area contributed by atoms with Gasteiger partial charge in [-0.3, -0.25) is 0 Å². The number of nitrogens with zero attached hydrogens (tertiary/aromatic N) is 1. The predicted octanol–water partition coefficient (Wildman–Crippen LogP) is 3.44. The Morgan fingerprint density at radius 3 is 2.45 bits per heavy atom. The maximum absolute atomic E-state index is 12.7. The fraction of sp³-hybridized carbons (Fsp3) is 0.0833. The molecule has 8 heteroatoms. The van der Waals surface area contributed by atoms with Crippen LogP contribution in [0.1, 0.15) is 5.56 Å². The molecule has 0 N–H and O–H groups in total. The van der Waals surface area contributed by atoms with Crippen LogP contribution in [0.25, 0.3) is 0 Å². The summed E-state index contributed by atoms with van der Waals surface area (Å²) in [5.74, 6) is -1.12. The van der Waals surface area contributed by atoms with E-state index >= 15 is 0 Å². The van der Waals surface area contributed by atoms with Gasteiger partial charge in [-0.05, 0) is 23.8 Å². The fourth-order valence-corrected chi connectivity index (χ4v) is 2.90. The minimum absolute atomic E-state index is 0.0137. The van der Waals surface area contributed by atoms with Gasteiger partial charge in [0.25, 0.3) is 5.88 Å². The summed E-state index contributed by atoms with van der Waals surface area (Å²) in [6.45, 7) is 0. The summed E-state index contributed by atoms with van der Waals surface area (Å²) in [4.78, 5) is 3.69. The van der Waals surface area contributed by atoms with Gasteiger partial charge in [0.15, 0.2) is 0 Å². The van der Waals surface area contributed by atoms with E-state index in [2.05, 4.69) is 4.98 Å². The van der Waals surface area contributed by atoms with Gasteiger partial charge in [0, 0.05) is 6.20 Å². The van der Waals surface area contributed by atoms with Crippen molar-refractivity contribution in [3.8, 4) is 5.88 Å². The molecule has 1 heterocycles. The molecule has 0 unspecified atom stereocenters. The Morgan fingerprint density at radius 1 is 1.20 bits per heavy atom. The van der Waals surface area contributed by atoms with Crippen molar-refractivity contribution in [2.45, 2.75) is 5.75 Å². The molecular weight excluding hydrogens is 328 g/mol. The molecule has 0 amide bonds. The third-order valence-electron chi connectivity index (χ3n) is 2.24. The first-order valence-electron chi connectivity index (χ1n) is 5.33. The number of aromatic nitrogens is 1. The monoisotopic (exact) mass is 335 g/mol. The molecule has 0 atom stereocenters. The lowest BCUT2D eigenvalue weighted by Gasteiger charge is -2.07.